The minimum absolute atomic E-state index is 0.432. The lowest BCUT2D eigenvalue weighted by atomic mass is 9.96. The Morgan fingerprint density at radius 2 is 1.95 bits per heavy atom. The zero-order valence-electron chi connectivity index (χ0n) is 13.4. The van der Waals surface area contributed by atoms with Crippen LogP contribution in [0.15, 0.2) is 36.4 Å². The van der Waals surface area contributed by atoms with E-state index in [1.165, 1.54) is 52.8 Å². The molecule has 1 N–H and O–H groups in total. The number of benzene rings is 2. The van der Waals surface area contributed by atoms with Crippen molar-refractivity contribution in [1.82, 2.24) is 0 Å². The molecular formula is C20H25N. The molecule has 1 heterocycles. The molecule has 1 nitrogen and oxygen atoms in total. The van der Waals surface area contributed by atoms with Crippen LogP contribution in [0.3, 0.4) is 0 Å². The van der Waals surface area contributed by atoms with Crippen molar-refractivity contribution in [3.05, 3.63) is 64.2 Å². The molecule has 1 unspecified atom stereocenters. The highest BCUT2D eigenvalue weighted by atomic mass is 14.9. The quantitative estimate of drug-likeness (QED) is 0.795. The van der Waals surface area contributed by atoms with E-state index in [1.807, 2.05) is 0 Å². The Balaban J connectivity index is 1.80. The van der Waals surface area contributed by atoms with Gasteiger partial charge >= 0.3 is 0 Å². The zero-order chi connectivity index (χ0) is 14.8. The van der Waals surface area contributed by atoms with Crippen molar-refractivity contribution in [3.63, 3.8) is 0 Å². The van der Waals surface area contributed by atoms with E-state index >= 15 is 0 Å². The standard InChI is InChI=1S/C20H25N/c1-4-5-6-16-8-10-19-17(12-16)13-20(21-19)18-9-7-14(2)11-15(18)3/h7-12,20-21H,4-6,13H2,1-3H3. The fraction of sp³-hybridized carbons (Fsp3) is 0.400. The topological polar surface area (TPSA) is 12.0 Å². The summed E-state index contributed by atoms with van der Waals surface area (Å²) < 4.78 is 0. The molecule has 0 fully saturated rings. The maximum absolute atomic E-state index is 3.69. The van der Waals surface area contributed by atoms with E-state index in [0.29, 0.717) is 6.04 Å². The van der Waals surface area contributed by atoms with E-state index in [4.69, 9.17) is 0 Å². The third-order valence-corrected chi connectivity index (χ3v) is 4.54. The van der Waals surface area contributed by atoms with Gasteiger partial charge in [0.15, 0.2) is 0 Å². The lowest BCUT2D eigenvalue weighted by Crippen LogP contribution is -2.07. The first kappa shape index (κ1) is 14.2. The zero-order valence-corrected chi connectivity index (χ0v) is 13.4. The summed E-state index contributed by atoms with van der Waals surface area (Å²) in [6.07, 6.45) is 4.87. The average molecular weight is 279 g/mol. The molecule has 1 aliphatic rings. The average Bonchev–Trinajstić information content (AvgIpc) is 2.87. The minimum atomic E-state index is 0.432. The lowest BCUT2D eigenvalue weighted by Gasteiger charge is -2.15. The van der Waals surface area contributed by atoms with Gasteiger partial charge in [-0.1, -0.05) is 49.2 Å². The molecule has 1 atom stereocenters. The Labute approximate surface area is 128 Å². The van der Waals surface area contributed by atoms with Crippen molar-refractivity contribution in [1.29, 1.82) is 0 Å². The summed E-state index contributed by atoms with van der Waals surface area (Å²) >= 11 is 0. The molecule has 2 aromatic rings. The highest BCUT2D eigenvalue weighted by molar-refractivity contribution is 5.60. The Bertz CT molecular complexity index is 642. The van der Waals surface area contributed by atoms with E-state index in [1.54, 1.807) is 0 Å². The SMILES string of the molecule is CCCCc1ccc2c(c1)CC(c1ccc(C)cc1C)N2. The minimum Gasteiger partial charge on any atom is -0.378 e. The number of hydrogen-bond acceptors (Lipinski definition) is 1. The van der Waals surface area contributed by atoms with Gasteiger partial charge in [0.25, 0.3) is 0 Å². The Kier molecular flexibility index (Phi) is 4.01. The normalized spacial score (nSPS) is 16.6. The predicted octanol–water partition coefficient (Wildman–Crippen LogP) is 5.36. The van der Waals surface area contributed by atoms with Crippen molar-refractivity contribution in [2.75, 3.05) is 5.32 Å². The number of nitrogens with one attached hydrogen (secondary N) is 1. The number of anilines is 1. The Morgan fingerprint density at radius 3 is 2.71 bits per heavy atom. The molecule has 1 heteroatoms. The van der Waals surface area contributed by atoms with Gasteiger partial charge in [-0.3, -0.25) is 0 Å². The number of rotatable bonds is 4. The van der Waals surface area contributed by atoms with E-state index in [-0.39, 0.29) is 0 Å². The molecule has 0 bridgehead atoms. The van der Waals surface area contributed by atoms with Gasteiger partial charge in [0.2, 0.25) is 0 Å². The van der Waals surface area contributed by atoms with E-state index < -0.39 is 0 Å². The summed E-state index contributed by atoms with van der Waals surface area (Å²) in [4.78, 5) is 0. The molecule has 0 saturated carbocycles. The highest BCUT2D eigenvalue weighted by Crippen LogP contribution is 2.36. The van der Waals surface area contributed by atoms with Crippen LogP contribution in [-0.4, -0.2) is 0 Å². The second-order valence-corrected chi connectivity index (χ2v) is 6.36. The van der Waals surface area contributed by atoms with Crippen molar-refractivity contribution < 1.29 is 0 Å². The van der Waals surface area contributed by atoms with Gasteiger partial charge in [0.1, 0.15) is 0 Å². The fourth-order valence-corrected chi connectivity index (χ4v) is 3.36. The van der Waals surface area contributed by atoms with E-state index in [0.717, 1.165) is 6.42 Å². The fourth-order valence-electron chi connectivity index (χ4n) is 3.36. The van der Waals surface area contributed by atoms with Crippen LogP contribution >= 0.6 is 0 Å². The van der Waals surface area contributed by atoms with Crippen LogP contribution in [0, 0.1) is 13.8 Å². The van der Waals surface area contributed by atoms with Gasteiger partial charge in [-0.2, -0.15) is 0 Å². The molecule has 21 heavy (non-hydrogen) atoms. The van der Waals surface area contributed by atoms with Crippen molar-refractivity contribution in [3.8, 4) is 0 Å². The summed E-state index contributed by atoms with van der Waals surface area (Å²) in [6.45, 7) is 6.64. The predicted molar refractivity (Wildman–Crippen MR) is 91.0 cm³/mol. The smallest absolute Gasteiger partial charge is 0.0557 e. The van der Waals surface area contributed by atoms with Gasteiger partial charge in [-0.25, -0.2) is 0 Å². The van der Waals surface area contributed by atoms with Gasteiger partial charge in [0.05, 0.1) is 6.04 Å². The first-order chi connectivity index (χ1) is 10.2. The molecule has 0 amide bonds. The second kappa shape index (κ2) is 5.93. The lowest BCUT2D eigenvalue weighted by molar-refractivity contribution is 0.791. The summed E-state index contributed by atoms with van der Waals surface area (Å²) in [5.41, 5.74) is 8.46. The maximum Gasteiger partial charge on any atom is 0.0557 e. The monoisotopic (exact) mass is 279 g/mol. The molecule has 1 aliphatic heterocycles. The van der Waals surface area contributed by atoms with Gasteiger partial charge < -0.3 is 5.32 Å². The molecule has 2 aromatic carbocycles. The summed E-state index contributed by atoms with van der Waals surface area (Å²) in [5, 5.41) is 3.69. The molecule has 0 radical (unpaired) electrons. The second-order valence-electron chi connectivity index (χ2n) is 6.36. The highest BCUT2D eigenvalue weighted by Gasteiger charge is 2.23. The number of hydrogen-bond donors (Lipinski definition) is 1. The van der Waals surface area contributed by atoms with Crippen LogP contribution in [0.4, 0.5) is 5.69 Å². The molecule has 3 rings (SSSR count). The molecule has 110 valence electrons. The number of aryl methyl sites for hydroxylation is 3. The molecular weight excluding hydrogens is 254 g/mol. The van der Waals surface area contributed by atoms with Crippen molar-refractivity contribution >= 4 is 5.69 Å². The number of unbranched alkanes of at least 4 members (excludes halogenated alkanes) is 1. The van der Waals surface area contributed by atoms with Crippen LogP contribution in [-0.2, 0) is 12.8 Å². The molecule has 0 aliphatic carbocycles. The molecule has 0 spiro atoms. The van der Waals surface area contributed by atoms with Gasteiger partial charge in [-0.15, -0.1) is 0 Å². The third kappa shape index (κ3) is 2.97. The van der Waals surface area contributed by atoms with Crippen molar-refractivity contribution in [2.24, 2.45) is 0 Å². The largest absolute Gasteiger partial charge is 0.378 e. The van der Waals surface area contributed by atoms with E-state index in [9.17, 15) is 0 Å². The number of fused-ring (bicyclic) bond motifs is 1. The Hall–Kier alpha value is -1.76. The van der Waals surface area contributed by atoms with Crippen LogP contribution in [0.25, 0.3) is 0 Å². The Morgan fingerprint density at radius 1 is 1.10 bits per heavy atom. The first-order valence-electron chi connectivity index (χ1n) is 8.13. The van der Waals surface area contributed by atoms with Gasteiger partial charge in [-0.05, 0) is 61.4 Å². The van der Waals surface area contributed by atoms with E-state index in [2.05, 4.69) is 62.5 Å². The van der Waals surface area contributed by atoms with Crippen LogP contribution < -0.4 is 5.32 Å². The van der Waals surface area contributed by atoms with Gasteiger partial charge in [0, 0.05) is 5.69 Å². The summed E-state index contributed by atoms with van der Waals surface area (Å²) in [5.74, 6) is 0. The first-order valence-corrected chi connectivity index (χ1v) is 8.13. The van der Waals surface area contributed by atoms with Crippen LogP contribution in [0.5, 0.6) is 0 Å². The molecule has 0 aromatic heterocycles. The third-order valence-electron chi connectivity index (χ3n) is 4.54. The summed E-state index contributed by atoms with van der Waals surface area (Å²) in [6, 6.07) is 14.2. The summed E-state index contributed by atoms with van der Waals surface area (Å²) in [7, 11) is 0. The van der Waals surface area contributed by atoms with Crippen molar-refractivity contribution in [2.45, 2.75) is 52.5 Å². The van der Waals surface area contributed by atoms with Crippen LogP contribution in [0.1, 0.15) is 53.6 Å². The van der Waals surface area contributed by atoms with Crippen LogP contribution in [0.2, 0.25) is 0 Å². The maximum atomic E-state index is 3.69. The molecule has 0 saturated heterocycles.